The van der Waals surface area contributed by atoms with Crippen molar-refractivity contribution in [3.63, 3.8) is 0 Å². The SMILES string of the molecule is CCc1ccc(NC(=O)N[C@H]2C[C@H]3C(=O)N[C@@H](Cc4ccccc4)C(=O)N3C2)cc1. The van der Waals surface area contributed by atoms with Gasteiger partial charge in [-0.15, -0.1) is 0 Å². The number of urea groups is 1. The first-order chi connectivity index (χ1) is 14.5. The summed E-state index contributed by atoms with van der Waals surface area (Å²) in [6.07, 6.45) is 1.81. The fourth-order valence-electron chi connectivity index (χ4n) is 4.13. The maximum atomic E-state index is 12.9. The number of hydrogen-bond donors (Lipinski definition) is 3. The Hall–Kier alpha value is -3.35. The van der Waals surface area contributed by atoms with Crippen LogP contribution in [-0.4, -0.2) is 47.4 Å². The maximum Gasteiger partial charge on any atom is 0.319 e. The van der Waals surface area contributed by atoms with E-state index in [0.29, 0.717) is 25.1 Å². The summed E-state index contributed by atoms with van der Waals surface area (Å²) >= 11 is 0. The molecular weight excluding hydrogens is 380 g/mol. The molecule has 2 saturated heterocycles. The number of nitrogens with one attached hydrogen (secondary N) is 3. The number of hydrogen-bond acceptors (Lipinski definition) is 3. The smallest absolute Gasteiger partial charge is 0.319 e. The second kappa shape index (κ2) is 8.57. The van der Waals surface area contributed by atoms with Crippen molar-refractivity contribution in [3.8, 4) is 0 Å². The molecule has 0 saturated carbocycles. The summed E-state index contributed by atoms with van der Waals surface area (Å²) in [4.78, 5) is 39.5. The highest BCUT2D eigenvalue weighted by molar-refractivity contribution is 5.98. The van der Waals surface area contributed by atoms with Crippen molar-refractivity contribution in [1.82, 2.24) is 15.5 Å². The minimum Gasteiger partial charge on any atom is -0.342 e. The number of amides is 4. The Morgan fingerprint density at radius 1 is 1.07 bits per heavy atom. The van der Waals surface area contributed by atoms with Crippen LogP contribution in [0.25, 0.3) is 0 Å². The molecule has 0 aromatic heterocycles. The van der Waals surface area contributed by atoms with E-state index >= 15 is 0 Å². The van der Waals surface area contributed by atoms with E-state index in [1.54, 1.807) is 4.90 Å². The topological polar surface area (TPSA) is 90.5 Å². The molecule has 2 aromatic rings. The van der Waals surface area contributed by atoms with Crippen LogP contribution < -0.4 is 16.0 Å². The molecule has 2 aliphatic rings. The van der Waals surface area contributed by atoms with Crippen molar-refractivity contribution in [1.29, 1.82) is 0 Å². The first kappa shape index (κ1) is 19.9. The second-order valence-corrected chi connectivity index (χ2v) is 7.84. The Morgan fingerprint density at radius 2 is 1.80 bits per heavy atom. The molecule has 3 N–H and O–H groups in total. The summed E-state index contributed by atoms with van der Waals surface area (Å²) in [5, 5.41) is 8.56. The van der Waals surface area contributed by atoms with E-state index < -0.39 is 12.1 Å². The third-order valence-corrected chi connectivity index (χ3v) is 5.74. The van der Waals surface area contributed by atoms with Crippen molar-refractivity contribution >= 4 is 23.5 Å². The predicted octanol–water partition coefficient (Wildman–Crippen LogP) is 2.08. The van der Waals surface area contributed by atoms with Gasteiger partial charge in [-0.1, -0.05) is 49.4 Å². The Bertz CT molecular complexity index is 929. The zero-order valence-electron chi connectivity index (χ0n) is 16.9. The normalized spacial score (nSPS) is 23.0. The van der Waals surface area contributed by atoms with E-state index in [-0.39, 0.29) is 23.9 Å². The lowest BCUT2D eigenvalue weighted by Gasteiger charge is -2.34. The van der Waals surface area contributed by atoms with Gasteiger partial charge in [0, 0.05) is 18.7 Å². The lowest BCUT2D eigenvalue weighted by Crippen LogP contribution is -2.61. The van der Waals surface area contributed by atoms with E-state index in [0.717, 1.165) is 12.0 Å². The minimum atomic E-state index is -0.569. The first-order valence-corrected chi connectivity index (χ1v) is 10.3. The van der Waals surface area contributed by atoms with E-state index in [9.17, 15) is 14.4 Å². The number of benzene rings is 2. The van der Waals surface area contributed by atoms with Crippen LogP contribution >= 0.6 is 0 Å². The second-order valence-electron chi connectivity index (χ2n) is 7.84. The molecule has 7 nitrogen and oxygen atoms in total. The molecule has 3 atom stereocenters. The summed E-state index contributed by atoms with van der Waals surface area (Å²) in [6.45, 7) is 2.41. The van der Waals surface area contributed by atoms with Crippen molar-refractivity contribution < 1.29 is 14.4 Å². The van der Waals surface area contributed by atoms with Gasteiger partial charge in [0.05, 0.1) is 6.04 Å². The average Bonchev–Trinajstić information content (AvgIpc) is 3.17. The van der Waals surface area contributed by atoms with Crippen molar-refractivity contribution in [2.24, 2.45) is 0 Å². The Balaban J connectivity index is 1.35. The monoisotopic (exact) mass is 406 g/mol. The number of anilines is 1. The summed E-state index contributed by atoms with van der Waals surface area (Å²) in [5.74, 6) is -0.251. The molecule has 2 aliphatic heterocycles. The van der Waals surface area contributed by atoms with E-state index in [1.165, 1.54) is 5.56 Å². The highest BCUT2D eigenvalue weighted by Crippen LogP contribution is 2.24. The largest absolute Gasteiger partial charge is 0.342 e. The van der Waals surface area contributed by atoms with Gasteiger partial charge < -0.3 is 20.9 Å². The van der Waals surface area contributed by atoms with Gasteiger partial charge in [0.1, 0.15) is 12.1 Å². The number of aryl methyl sites for hydroxylation is 1. The summed E-state index contributed by atoms with van der Waals surface area (Å²) in [5.41, 5.74) is 2.90. The number of fused-ring (bicyclic) bond motifs is 1. The molecule has 2 aromatic carbocycles. The number of piperazine rings is 1. The fourth-order valence-corrected chi connectivity index (χ4v) is 4.13. The zero-order valence-corrected chi connectivity index (χ0v) is 16.9. The molecule has 4 amide bonds. The van der Waals surface area contributed by atoms with Gasteiger partial charge >= 0.3 is 6.03 Å². The number of rotatable bonds is 5. The van der Waals surface area contributed by atoms with Crippen molar-refractivity contribution in [2.45, 2.75) is 44.3 Å². The Kier molecular flexibility index (Phi) is 5.70. The third kappa shape index (κ3) is 4.30. The minimum absolute atomic E-state index is 0.0942. The van der Waals surface area contributed by atoms with E-state index in [4.69, 9.17) is 0 Å². The van der Waals surface area contributed by atoms with Crippen LogP contribution in [0.1, 0.15) is 24.5 Å². The van der Waals surface area contributed by atoms with Crippen LogP contribution in [-0.2, 0) is 22.4 Å². The quantitative estimate of drug-likeness (QED) is 0.710. The summed E-state index contributed by atoms with van der Waals surface area (Å²) in [7, 11) is 0. The lowest BCUT2D eigenvalue weighted by atomic mass is 10.0. The molecule has 0 radical (unpaired) electrons. The van der Waals surface area contributed by atoms with Crippen LogP contribution in [0, 0.1) is 0 Å². The third-order valence-electron chi connectivity index (χ3n) is 5.74. The van der Waals surface area contributed by atoms with Gasteiger partial charge in [0.2, 0.25) is 11.8 Å². The average molecular weight is 406 g/mol. The number of carbonyl (C=O) groups excluding carboxylic acids is 3. The highest BCUT2D eigenvalue weighted by Gasteiger charge is 2.46. The molecule has 156 valence electrons. The fraction of sp³-hybridized carbons (Fsp3) is 0.348. The molecule has 0 spiro atoms. The number of carbonyl (C=O) groups is 3. The molecule has 0 aliphatic carbocycles. The van der Waals surface area contributed by atoms with Crippen molar-refractivity contribution in [3.05, 3.63) is 65.7 Å². The van der Waals surface area contributed by atoms with Gasteiger partial charge in [-0.25, -0.2) is 4.79 Å². The molecule has 0 unspecified atom stereocenters. The molecule has 0 bridgehead atoms. The van der Waals surface area contributed by atoms with E-state index in [1.807, 2.05) is 54.6 Å². The highest BCUT2D eigenvalue weighted by atomic mass is 16.2. The van der Waals surface area contributed by atoms with Crippen molar-refractivity contribution in [2.75, 3.05) is 11.9 Å². The standard InChI is InChI=1S/C23H26N4O3/c1-2-15-8-10-17(11-9-15)24-23(30)25-18-13-20-21(28)26-19(22(29)27(20)14-18)12-16-6-4-3-5-7-16/h3-11,18-20H,2,12-14H2,1H3,(H,26,28)(H2,24,25,30)/t18-,19-,20-/m0/s1. The number of nitrogens with zero attached hydrogens (tertiary/aromatic N) is 1. The van der Waals surface area contributed by atoms with Crippen LogP contribution in [0.4, 0.5) is 10.5 Å². The molecular formula is C23H26N4O3. The molecule has 2 fully saturated rings. The summed E-state index contributed by atoms with van der Waals surface area (Å²) < 4.78 is 0. The Labute approximate surface area is 175 Å². The van der Waals surface area contributed by atoms with Crippen LogP contribution in [0.5, 0.6) is 0 Å². The molecule has 7 heteroatoms. The first-order valence-electron chi connectivity index (χ1n) is 10.3. The van der Waals surface area contributed by atoms with Crippen LogP contribution in [0.15, 0.2) is 54.6 Å². The van der Waals surface area contributed by atoms with Gasteiger partial charge in [-0.05, 0) is 36.1 Å². The molecule has 30 heavy (non-hydrogen) atoms. The lowest BCUT2D eigenvalue weighted by molar-refractivity contribution is -0.147. The van der Waals surface area contributed by atoms with Gasteiger partial charge in [-0.3, -0.25) is 9.59 Å². The van der Waals surface area contributed by atoms with Gasteiger partial charge in [-0.2, -0.15) is 0 Å². The zero-order chi connectivity index (χ0) is 21.1. The van der Waals surface area contributed by atoms with Crippen LogP contribution in [0.2, 0.25) is 0 Å². The molecule has 2 heterocycles. The van der Waals surface area contributed by atoms with E-state index in [2.05, 4.69) is 22.9 Å². The molecule has 4 rings (SSSR count). The Morgan fingerprint density at radius 3 is 2.50 bits per heavy atom. The maximum absolute atomic E-state index is 12.9. The van der Waals surface area contributed by atoms with Gasteiger partial charge in [0.25, 0.3) is 0 Å². The van der Waals surface area contributed by atoms with Crippen LogP contribution in [0.3, 0.4) is 0 Å². The predicted molar refractivity (Wildman–Crippen MR) is 114 cm³/mol. The van der Waals surface area contributed by atoms with Gasteiger partial charge in [0.15, 0.2) is 0 Å². The summed E-state index contributed by atoms with van der Waals surface area (Å²) in [6, 6.07) is 15.6.